The number of hydrogen-bond acceptors (Lipinski definition) is 6. The van der Waals surface area contributed by atoms with Gasteiger partial charge in [-0.15, -0.1) is 0 Å². The SMILES string of the molecule is CN1CCN(c2ccc(-c3cnc4[nH]cc(-c5ccn6ncc(-c7cccnc7)c6c5)c4c3)cn2)CC1. The topological polar surface area (TPSA) is 78.2 Å². The lowest BCUT2D eigenvalue weighted by atomic mass is 10.0. The van der Waals surface area contributed by atoms with Gasteiger partial charge >= 0.3 is 0 Å². The fraction of sp³-hybridized carbons (Fsp3) is 0.172. The van der Waals surface area contributed by atoms with Crippen LogP contribution >= 0.6 is 0 Å². The Morgan fingerprint density at radius 2 is 1.68 bits per heavy atom. The molecule has 1 fully saturated rings. The molecule has 0 unspecified atom stereocenters. The number of likely N-dealkylation sites (N-methyl/N-ethyl adjacent to an activating group) is 1. The van der Waals surface area contributed by atoms with Crippen molar-refractivity contribution in [2.45, 2.75) is 0 Å². The number of H-pyrrole nitrogens is 1. The van der Waals surface area contributed by atoms with Crippen LogP contribution in [0.25, 0.3) is 49.9 Å². The molecule has 0 aromatic carbocycles. The van der Waals surface area contributed by atoms with Crippen LogP contribution in [-0.4, -0.2) is 67.7 Å². The highest BCUT2D eigenvalue weighted by Crippen LogP contribution is 2.33. The van der Waals surface area contributed by atoms with E-state index in [9.17, 15) is 0 Å². The van der Waals surface area contributed by atoms with Crippen LogP contribution in [0.4, 0.5) is 5.82 Å². The smallest absolute Gasteiger partial charge is 0.137 e. The summed E-state index contributed by atoms with van der Waals surface area (Å²) >= 11 is 0. The molecule has 1 aliphatic heterocycles. The molecule has 0 saturated carbocycles. The van der Waals surface area contributed by atoms with Gasteiger partial charge in [0.05, 0.1) is 11.7 Å². The molecule has 0 aliphatic carbocycles. The van der Waals surface area contributed by atoms with Crippen LogP contribution in [0.2, 0.25) is 0 Å². The Hall–Kier alpha value is -4.56. The van der Waals surface area contributed by atoms with Crippen molar-refractivity contribution >= 4 is 22.4 Å². The number of nitrogens with zero attached hydrogens (tertiary/aromatic N) is 7. The van der Waals surface area contributed by atoms with E-state index in [-0.39, 0.29) is 0 Å². The Morgan fingerprint density at radius 3 is 2.49 bits per heavy atom. The number of fused-ring (bicyclic) bond motifs is 2. The summed E-state index contributed by atoms with van der Waals surface area (Å²) < 4.78 is 1.90. The molecule has 0 amide bonds. The van der Waals surface area contributed by atoms with E-state index in [1.54, 1.807) is 6.20 Å². The molecular formula is C29H26N8. The molecule has 8 nitrogen and oxygen atoms in total. The fourth-order valence-electron chi connectivity index (χ4n) is 5.07. The summed E-state index contributed by atoms with van der Waals surface area (Å²) in [6.07, 6.45) is 13.5. The number of aromatic nitrogens is 6. The zero-order valence-corrected chi connectivity index (χ0v) is 20.5. The molecule has 1 saturated heterocycles. The van der Waals surface area contributed by atoms with E-state index in [0.29, 0.717) is 0 Å². The van der Waals surface area contributed by atoms with Gasteiger partial charge in [0.1, 0.15) is 11.5 Å². The van der Waals surface area contributed by atoms with Gasteiger partial charge in [-0.2, -0.15) is 5.10 Å². The lowest BCUT2D eigenvalue weighted by Crippen LogP contribution is -2.44. The van der Waals surface area contributed by atoms with E-state index in [4.69, 9.17) is 9.97 Å². The van der Waals surface area contributed by atoms with Gasteiger partial charge in [0.15, 0.2) is 0 Å². The molecule has 0 radical (unpaired) electrons. The van der Waals surface area contributed by atoms with Crippen molar-refractivity contribution in [1.29, 1.82) is 0 Å². The molecule has 6 aromatic rings. The Bertz CT molecular complexity index is 1690. The molecule has 37 heavy (non-hydrogen) atoms. The van der Waals surface area contributed by atoms with Gasteiger partial charge in [-0.3, -0.25) is 4.98 Å². The highest BCUT2D eigenvalue weighted by atomic mass is 15.3. The number of anilines is 1. The lowest BCUT2D eigenvalue weighted by Gasteiger charge is -2.33. The van der Waals surface area contributed by atoms with Crippen molar-refractivity contribution in [2.24, 2.45) is 0 Å². The van der Waals surface area contributed by atoms with Crippen molar-refractivity contribution in [2.75, 3.05) is 38.1 Å². The van der Waals surface area contributed by atoms with Crippen LogP contribution < -0.4 is 4.90 Å². The standard InChI is InChI=1S/C29H26N8/c1-35-9-11-36(12-10-35)28-5-4-21(16-31-28)23-13-24-25(18-33-29(24)32-17-23)20-6-8-37-27(14-20)26(19-34-37)22-3-2-7-30-15-22/h2-8,13-19H,9-12H2,1H3,(H,32,33). The van der Waals surface area contributed by atoms with Gasteiger partial charge in [0.25, 0.3) is 0 Å². The summed E-state index contributed by atoms with van der Waals surface area (Å²) in [5.41, 5.74) is 8.32. The fourth-order valence-corrected chi connectivity index (χ4v) is 5.07. The Balaban J connectivity index is 1.24. The van der Waals surface area contributed by atoms with Gasteiger partial charge in [-0.25, -0.2) is 14.5 Å². The van der Waals surface area contributed by atoms with Crippen LogP contribution in [-0.2, 0) is 0 Å². The van der Waals surface area contributed by atoms with Crippen LogP contribution in [0, 0.1) is 0 Å². The number of hydrogen-bond donors (Lipinski definition) is 1. The van der Waals surface area contributed by atoms with Gasteiger partial charge in [-0.05, 0) is 49.0 Å². The first kappa shape index (κ1) is 21.7. The van der Waals surface area contributed by atoms with E-state index in [2.05, 4.69) is 68.3 Å². The third-order valence-electron chi connectivity index (χ3n) is 7.24. The maximum Gasteiger partial charge on any atom is 0.137 e. The third-order valence-corrected chi connectivity index (χ3v) is 7.24. The molecule has 182 valence electrons. The van der Waals surface area contributed by atoms with E-state index in [1.807, 2.05) is 47.8 Å². The number of nitrogens with one attached hydrogen (secondary N) is 1. The molecule has 6 aromatic heterocycles. The average Bonchev–Trinajstić information content (AvgIpc) is 3.58. The summed E-state index contributed by atoms with van der Waals surface area (Å²) in [5.74, 6) is 1.03. The minimum Gasteiger partial charge on any atom is -0.354 e. The summed E-state index contributed by atoms with van der Waals surface area (Å²) in [6, 6.07) is 14.7. The molecule has 1 N–H and O–H groups in total. The van der Waals surface area contributed by atoms with E-state index >= 15 is 0 Å². The lowest BCUT2D eigenvalue weighted by molar-refractivity contribution is 0.312. The highest BCUT2D eigenvalue weighted by Gasteiger charge is 2.16. The molecule has 7 heterocycles. The number of aromatic amines is 1. The first-order valence-corrected chi connectivity index (χ1v) is 12.5. The van der Waals surface area contributed by atoms with Gasteiger partial charge < -0.3 is 14.8 Å². The number of pyridine rings is 4. The molecule has 0 bridgehead atoms. The van der Waals surface area contributed by atoms with Crippen LogP contribution in [0.15, 0.2) is 85.8 Å². The summed E-state index contributed by atoms with van der Waals surface area (Å²) in [6.45, 7) is 4.14. The Morgan fingerprint density at radius 1 is 0.784 bits per heavy atom. The minimum atomic E-state index is 0.863. The molecular weight excluding hydrogens is 460 g/mol. The maximum absolute atomic E-state index is 4.78. The molecule has 8 heteroatoms. The van der Waals surface area contributed by atoms with E-state index in [0.717, 1.165) is 81.9 Å². The highest BCUT2D eigenvalue weighted by molar-refractivity contribution is 5.97. The predicted octanol–water partition coefficient (Wildman–Crippen LogP) is 4.75. The second-order valence-electron chi connectivity index (χ2n) is 9.56. The molecule has 1 aliphatic rings. The van der Waals surface area contributed by atoms with Crippen molar-refractivity contribution in [3.63, 3.8) is 0 Å². The minimum absolute atomic E-state index is 0.863. The van der Waals surface area contributed by atoms with Gasteiger partial charge in [0.2, 0.25) is 0 Å². The van der Waals surface area contributed by atoms with Gasteiger partial charge in [0, 0.05) is 96.6 Å². The third kappa shape index (κ3) is 3.91. The molecule has 7 rings (SSSR count). The maximum atomic E-state index is 4.78. The summed E-state index contributed by atoms with van der Waals surface area (Å²) in [5, 5.41) is 5.61. The number of rotatable bonds is 4. The number of piperazine rings is 1. The van der Waals surface area contributed by atoms with Crippen LogP contribution in [0.1, 0.15) is 0 Å². The Kier molecular flexibility index (Phi) is 5.18. The predicted molar refractivity (Wildman–Crippen MR) is 146 cm³/mol. The Labute approximate surface area is 214 Å². The van der Waals surface area contributed by atoms with Crippen molar-refractivity contribution in [1.82, 2.24) is 34.4 Å². The quantitative estimate of drug-likeness (QED) is 0.387. The first-order valence-electron chi connectivity index (χ1n) is 12.5. The molecule has 0 atom stereocenters. The molecule has 0 spiro atoms. The zero-order valence-electron chi connectivity index (χ0n) is 20.5. The summed E-state index contributed by atoms with van der Waals surface area (Å²) in [7, 11) is 2.17. The van der Waals surface area contributed by atoms with E-state index < -0.39 is 0 Å². The zero-order chi connectivity index (χ0) is 24.8. The van der Waals surface area contributed by atoms with Crippen molar-refractivity contribution in [3.05, 3.63) is 85.8 Å². The first-order chi connectivity index (χ1) is 18.2. The van der Waals surface area contributed by atoms with Crippen LogP contribution in [0.3, 0.4) is 0 Å². The van der Waals surface area contributed by atoms with Crippen molar-refractivity contribution < 1.29 is 0 Å². The monoisotopic (exact) mass is 486 g/mol. The normalized spacial score (nSPS) is 14.6. The summed E-state index contributed by atoms with van der Waals surface area (Å²) in [4.78, 5) is 21.8. The van der Waals surface area contributed by atoms with Gasteiger partial charge in [-0.1, -0.05) is 6.07 Å². The van der Waals surface area contributed by atoms with E-state index in [1.165, 1.54) is 0 Å². The average molecular weight is 487 g/mol. The second-order valence-corrected chi connectivity index (χ2v) is 9.56. The van der Waals surface area contributed by atoms with Crippen LogP contribution in [0.5, 0.6) is 0 Å². The second kappa shape index (κ2) is 8.83. The van der Waals surface area contributed by atoms with Crippen molar-refractivity contribution in [3.8, 4) is 33.4 Å². The largest absolute Gasteiger partial charge is 0.354 e.